The molecule has 0 atom stereocenters. The second kappa shape index (κ2) is 7.18. The molecular formula is C21H21NO2. The number of amides is 1. The molecule has 0 bridgehead atoms. The summed E-state index contributed by atoms with van der Waals surface area (Å²) < 4.78 is 5.64. The highest BCUT2D eigenvalue weighted by Gasteiger charge is 2.13. The van der Waals surface area contributed by atoms with Gasteiger partial charge in [-0.05, 0) is 34.4 Å². The highest BCUT2D eigenvalue weighted by molar-refractivity contribution is 6.02. The molecular weight excluding hydrogens is 298 g/mol. The topological polar surface area (TPSA) is 38.3 Å². The normalized spacial score (nSPS) is 10.6. The number of benzene rings is 3. The van der Waals surface area contributed by atoms with Crippen molar-refractivity contribution in [1.29, 1.82) is 0 Å². The summed E-state index contributed by atoms with van der Waals surface area (Å²) in [6.45, 7) is 2.17. The number of rotatable bonds is 5. The predicted molar refractivity (Wildman–Crippen MR) is 98.3 cm³/mol. The number of hydrogen-bond acceptors (Lipinski definition) is 2. The minimum atomic E-state index is -0.00361. The number of methoxy groups -OCH3 is 1. The highest BCUT2D eigenvalue weighted by Crippen LogP contribution is 2.38. The van der Waals surface area contributed by atoms with Gasteiger partial charge in [-0.15, -0.1) is 0 Å². The van der Waals surface area contributed by atoms with E-state index in [1.165, 1.54) is 16.3 Å². The Morgan fingerprint density at radius 3 is 2.50 bits per heavy atom. The minimum Gasteiger partial charge on any atom is -0.496 e. The highest BCUT2D eigenvalue weighted by atomic mass is 16.5. The van der Waals surface area contributed by atoms with Crippen molar-refractivity contribution in [3.05, 3.63) is 66.2 Å². The first-order chi connectivity index (χ1) is 11.7. The molecule has 24 heavy (non-hydrogen) atoms. The van der Waals surface area contributed by atoms with Gasteiger partial charge in [-0.1, -0.05) is 54.6 Å². The van der Waals surface area contributed by atoms with Crippen LogP contribution in [0.4, 0.5) is 0 Å². The van der Waals surface area contributed by atoms with Crippen LogP contribution in [0.5, 0.6) is 5.75 Å². The number of hydrogen-bond donors (Lipinski definition) is 1. The molecule has 0 spiro atoms. The van der Waals surface area contributed by atoms with E-state index in [-0.39, 0.29) is 5.91 Å². The van der Waals surface area contributed by atoms with Crippen LogP contribution in [0.15, 0.2) is 60.7 Å². The minimum absolute atomic E-state index is 0.00361. The van der Waals surface area contributed by atoms with Gasteiger partial charge >= 0.3 is 0 Å². The van der Waals surface area contributed by atoms with Crippen molar-refractivity contribution in [3.8, 4) is 16.9 Å². The number of carbonyl (C=O) groups excluding carboxylic acids is 1. The number of nitrogens with one attached hydrogen (secondary N) is 1. The molecule has 0 unspecified atom stereocenters. The molecule has 0 aliphatic rings. The van der Waals surface area contributed by atoms with Crippen LogP contribution in [-0.4, -0.2) is 19.6 Å². The Balaban J connectivity index is 2.17. The van der Waals surface area contributed by atoms with Gasteiger partial charge in [0.25, 0.3) is 0 Å². The first-order valence-electron chi connectivity index (χ1n) is 8.09. The van der Waals surface area contributed by atoms with E-state index in [0.717, 1.165) is 23.3 Å². The van der Waals surface area contributed by atoms with Crippen molar-refractivity contribution < 1.29 is 9.53 Å². The van der Waals surface area contributed by atoms with Crippen molar-refractivity contribution in [1.82, 2.24) is 5.32 Å². The second-order valence-electron chi connectivity index (χ2n) is 5.76. The molecule has 0 saturated heterocycles. The van der Waals surface area contributed by atoms with Gasteiger partial charge < -0.3 is 10.1 Å². The molecule has 1 amide bonds. The largest absolute Gasteiger partial charge is 0.496 e. The van der Waals surface area contributed by atoms with Crippen LogP contribution in [-0.2, 0) is 11.2 Å². The summed E-state index contributed by atoms with van der Waals surface area (Å²) in [6, 6.07) is 20.7. The fraction of sp³-hybridized carbons (Fsp3) is 0.190. The lowest BCUT2D eigenvalue weighted by atomic mass is 9.92. The summed E-state index contributed by atoms with van der Waals surface area (Å²) >= 11 is 0. The molecule has 1 N–H and O–H groups in total. The number of ether oxygens (including phenoxy) is 1. The van der Waals surface area contributed by atoms with Crippen LogP contribution in [0.3, 0.4) is 0 Å². The fourth-order valence-electron chi connectivity index (χ4n) is 3.08. The molecule has 122 valence electrons. The van der Waals surface area contributed by atoms with Crippen LogP contribution >= 0.6 is 0 Å². The molecule has 3 rings (SSSR count). The Bertz CT molecular complexity index is 856. The summed E-state index contributed by atoms with van der Waals surface area (Å²) in [6.07, 6.45) is 0.782. The smallest absolute Gasteiger partial charge is 0.216 e. The second-order valence-corrected chi connectivity index (χ2v) is 5.76. The van der Waals surface area contributed by atoms with Crippen LogP contribution < -0.4 is 10.1 Å². The molecule has 3 nitrogen and oxygen atoms in total. The lowest BCUT2D eigenvalue weighted by Crippen LogP contribution is -2.22. The van der Waals surface area contributed by atoms with Crippen molar-refractivity contribution >= 4 is 16.7 Å². The molecule has 3 aromatic carbocycles. The van der Waals surface area contributed by atoms with Gasteiger partial charge in [-0.3, -0.25) is 4.79 Å². The van der Waals surface area contributed by atoms with E-state index in [2.05, 4.69) is 41.7 Å². The van der Waals surface area contributed by atoms with E-state index in [4.69, 9.17) is 4.74 Å². The van der Waals surface area contributed by atoms with Crippen LogP contribution in [0.25, 0.3) is 21.9 Å². The summed E-state index contributed by atoms with van der Waals surface area (Å²) in [4.78, 5) is 11.2. The monoisotopic (exact) mass is 319 g/mol. The van der Waals surface area contributed by atoms with E-state index in [1.807, 2.05) is 24.3 Å². The Kier molecular flexibility index (Phi) is 4.80. The standard InChI is InChI=1S/C21H21NO2/c1-15(23)22-14-13-18-10-6-9-17-11-12-19(24-2)21(20(17)18)16-7-4-3-5-8-16/h3-12H,13-14H2,1-2H3,(H,22,23). The van der Waals surface area contributed by atoms with Gasteiger partial charge in [0.15, 0.2) is 0 Å². The molecule has 3 aromatic rings. The van der Waals surface area contributed by atoms with Crippen molar-refractivity contribution in [2.45, 2.75) is 13.3 Å². The summed E-state index contributed by atoms with van der Waals surface area (Å²) in [7, 11) is 1.70. The molecule has 0 aromatic heterocycles. The zero-order valence-corrected chi connectivity index (χ0v) is 14.0. The molecule has 0 aliphatic carbocycles. The third-order valence-corrected chi connectivity index (χ3v) is 4.14. The maximum Gasteiger partial charge on any atom is 0.216 e. The maximum atomic E-state index is 11.2. The molecule has 0 fully saturated rings. The van der Waals surface area contributed by atoms with Crippen LogP contribution in [0, 0.1) is 0 Å². The van der Waals surface area contributed by atoms with Gasteiger partial charge in [0.1, 0.15) is 5.75 Å². The first kappa shape index (κ1) is 16.1. The van der Waals surface area contributed by atoms with Gasteiger partial charge in [-0.25, -0.2) is 0 Å². The molecule has 3 heteroatoms. The maximum absolute atomic E-state index is 11.2. The van der Waals surface area contributed by atoms with Crippen molar-refractivity contribution in [2.75, 3.05) is 13.7 Å². The predicted octanol–water partition coefficient (Wildman–Crippen LogP) is 4.19. The fourth-order valence-corrected chi connectivity index (χ4v) is 3.08. The SMILES string of the molecule is COc1ccc2cccc(CCNC(C)=O)c2c1-c1ccccc1. The van der Waals surface area contributed by atoms with Crippen LogP contribution in [0.2, 0.25) is 0 Å². The lowest BCUT2D eigenvalue weighted by Gasteiger charge is -2.16. The van der Waals surface area contributed by atoms with Crippen molar-refractivity contribution in [3.63, 3.8) is 0 Å². The third-order valence-electron chi connectivity index (χ3n) is 4.14. The van der Waals surface area contributed by atoms with Gasteiger partial charge in [0.2, 0.25) is 5.91 Å². The van der Waals surface area contributed by atoms with E-state index in [0.29, 0.717) is 6.54 Å². The Labute approximate surface area is 142 Å². The van der Waals surface area contributed by atoms with Gasteiger partial charge in [0.05, 0.1) is 7.11 Å². The first-order valence-corrected chi connectivity index (χ1v) is 8.09. The van der Waals surface area contributed by atoms with Gasteiger partial charge in [0, 0.05) is 19.0 Å². The van der Waals surface area contributed by atoms with E-state index < -0.39 is 0 Å². The quantitative estimate of drug-likeness (QED) is 0.765. The number of fused-ring (bicyclic) bond motifs is 1. The van der Waals surface area contributed by atoms with E-state index in [9.17, 15) is 4.79 Å². The Morgan fingerprint density at radius 1 is 1.00 bits per heavy atom. The molecule has 0 radical (unpaired) electrons. The zero-order valence-electron chi connectivity index (χ0n) is 14.0. The molecule has 0 saturated carbocycles. The third kappa shape index (κ3) is 3.25. The Morgan fingerprint density at radius 2 is 1.79 bits per heavy atom. The zero-order chi connectivity index (χ0) is 16.9. The summed E-state index contributed by atoms with van der Waals surface area (Å²) in [5.41, 5.74) is 3.44. The molecule has 0 heterocycles. The van der Waals surface area contributed by atoms with E-state index >= 15 is 0 Å². The lowest BCUT2D eigenvalue weighted by molar-refractivity contribution is -0.118. The average molecular weight is 319 g/mol. The number of carbonyl (C=O) groups is 1. The summed E-state index contributed by atoms with van der Waals surface area (Å²) in [5.74, 6) is 0.858. The molecule has 0 aliphatic heterocycles. The average Bonchev–Trinajstić information content (AvgIpc) is 2.61. The van der Waals surface area contributed by atoms with Crippen LogP contribution in [0.1, 0.15) is 12.5 Å². The Hall–Kier alpha value is -2.81. The van der Waals surface area contributed by atoms with Gasteiger partial charge in [-0.2, -0.15) is 0 Å². The summed E-state index contributed by atoms with van der Waals surface area (Å²) in [5, 5.41) is 5.24. The van der Waals surface area contributed by atoms with E-state index in [1.54, 1.807) is 14.0 Å². The van der Waals surface area contributed by atoms with Crippen molar-refractivity contribution in [2.24, 2.45) is 0 Å².